The first-order valence-corrected chi connectivity index (χ1v) is 14.9. The molecule has 4 unspecified atom stereocenters. The molecule has 2 N–H and O–H groups in total. The molecule has 2 heterocycles. The Hall–Kier alpha value is -4.47. The Labute approximate surface area is 257 Å². The second kappa shape index (κ2) is 13.4. The van der Waals surface area contributed by atoms with Gasteiger partial charge in [0.1, 0.15) is 5.69 Å². The highest BCUT2D eigenvalue weighted by Crippen LogP contribution is 2.39. The topological polar surface area (TPSA) is 96.8 Å². The molecule has 0 saturated carbocycles. The van der Waals surface area contributed by atoms with E-state index in [-0.39, 0.29) is 36.5 Å². The summed E-state index contributed by atoms with van der Waals surface area (Å²) in [6, 6.07) is 33.5. The van der Waals surface area contributed by atoms with Gasteiger partial charge >= 0.3 is 0 Å². The number of hydrogen-bond acceptors (Lipinski definition) is 7. The van der Waals surface area contributed by atoms with E-state index in [4.69, 9.17) is 9.47 Å². The third kappa shape index (κ3) is 6.85. The minimum Gasteiger partial charge on any atom is -0.392 e. The van der Waals surface area contributed by atoms with Crippen molar-refractivity contribution in [2.75, 3.05) is 18.9 Å². The van der Waals surface area contributed by atoms with Crippen LogP contribution in [0.25, 0.3) is 11.0 Å². The van der Waals surface area contributed by atoms with Crippen LogP contribution >= 0.6 is 0 Å². The number of ether oxygens (including phenoxy) is 2. The molecule has 1 saturated heterocycles. The molecule has 1 aromatic heterocycles. The van der Waals surface area contributed by atoms with Gasteiger partial charge < -0.3 is 19.9 Å². The number of carbonyl (C=O) groups excluding carboxylic acids is 1. The zero-order chi connectivity index (χ0) is 30.5. The summed E-state index contributed by atoms with van der Waals surface area (Å²) < 4.78 is 13.1. The van der Waals surface area contributed by atoms with Crippen LogP contribution in [0.1, 0.15) is 64.5 Å². The quantitative estimate of drug-likeness (QED) is 0.200. The van der Waals surface area contributed by atoms with Gasteiger partial charge in [0, 0.05) is 30.3 Å². The number of likely N-dealkylation sites (N-methyl/N-ethyl adjacent to an activating group) is 1. The second-order valence-corrected chi connectivity index (χ2v) is 11.2. The molecule has 0 spiro atoms. The lowest BCUT2D eigenvalue weighted by molar-refractivity contribution is -0.253. The lowest BCUT2D eigenvalue weighted by Crippen LogP contribution is -2.38. The van der Waals surface area contributed by atoms with Gasteiger partial charge in [0.25, 0.3) is 5.91 Å². The van der Waals surface area contributed by atoms with Crippen molar-refractivity contribution in [2.24, 2.45) is 0 Å². The summed E-state index contributed by atoms with van der Waals surface area (Å²) in [5, 5.41) is 12.5. The maximum Gasteiger partial charge on any atom is 0.275 e. The van der Waals surface area contributed by atoms with Gasteiger partial charge in [-0.2, -0.15) is 0 Å². The number of aliphatic hydroxyl groups is 1. The molecule has 1 amide bonds. The van der Waals surface area contributed by atoms with Crippen molar-refractivity contribution < 1.29 is 19.4 Å². The Morgan fingerprint density at radius 2 is 1.68 bits per heavy atom. The van der Waals surface area contributed by atoms with Crippen LogP contribution in [0.5, 0.6) is 0 Å². The van der Waals surface area contributed by atoms with Crippen molar-refractivity contribution in [1.82, 2.24) is 14.9 Å². The van der Waals surface area contributed by atoms with E-state index >= 15 is 0 Å². The summed E-state index contributed by atoms with van der Waals surface area (Å²) in [4.78, 5) is 24.2. The first-order valence-electron chi connectivity index (χ1n) is 14.9. The Balaban J connectivity index is 1.22. The molecule has 8 nitrogen and oxygen atoms in total. The molecular weight excluding hydrogens is 552 g/mol. The van der Waals surface area contributed by atoms with Crippen LogP contribution in [0.3, 0.4) is 0 Å². The number of para-hydroxylation sites is 2. The third-order valence-corrected chi connectivity index (χ3v) is 8.15. The maximum atomic E-state index is 13.1. The first-order chi connectivity index (χ1) is 21.5. The number of aromatic nitrogens is 2. The molecule has 4 atom stereocenters. The van der Waals surface area contributed by atoms with Gasteiger partial charge in [-0.1, -0.05) is 78.9 Å². The molecule has 0 radical (unpaired) electrons. The van der Waals surface area contributed by atoms with E-state index in [9.17, 15) is 9.90 Å². The van der Waals surface area contributed by atoms with Gasteiger partial charge in [-0.25, -0.2) is 4.98 Å². The molecule has 5 aromatic rings. The maximum absolute atomic E-state index is 13.1. The lowest BCUT2D eigenvalue weighted by Gasteiger charge is -2.39. The largest absolute Gasteiger partial charge is 0.392 e. The first kappa shape index (κ1) is 29.6. The van der Waals surface area contributed by atoms with Crippen molar-refractivity contribution in [3.63, 3.8) is 0 Å². The predicted octanol–water partition coefficient (Wildman–Crippen LogP) is 6.61. The molecule has 6 rings (SSSR count). The number of anilines is 1. The Kier molecular flexibility index (Phi) is 9.04. The third-order valence-electron chi connectivity index (χ3n) is 8.15. The normalized spacial score (nSPS) is 19.1. The minimum atomic E-state index is -0.644. The summed E-state index contributed by atoms with van der Waals surface area (Å²) in [6.45, 7) is 2.90. The number of benzene rings is 4. The average molecular weight is 589 g/mol. The van der Waals surface area contributed by atoms with E-state index in [0.29, 0.717) is 24.2 Å². The number of aliphatic hydroxyl groups excluding tert-OH is 1. The zero-order valence-corrected chi connectivity index (χ0v) is 24.8. The van der Waals surface area contributed by atoms with E-state index in [0.717, 1.165) is 22.2 Å². The predicted molar refractivity (Wildman–Crippen MR) is 170 cm³/mol. The van der Waals surface area contributed by atoms with Gasteiger partial charge in [-0.15, -0.1) is 0 Å². The monoisotopic (exact) mass is 588 g/mol. The van der Waals surface area contributed by atoms with Crippen LogP contribution in [0.15, 0.2) is 109 Å². The molecule has 224 valence electrons. The number of carbonyl (C=O) groups is 1. The summed E-state index contributed by atoms with van der Waals surface area (Å²) in [6.07, 6.45) is 1.20. The molecule has 0 bridgehead atoms. The van der Waals surface area contributed by atoms with Crippen LogP contribution in [-0.4, -0.2) is 45.6 Å². The average Bonchev–Trinajstić information content (AvgIpc) is 3.08. The highest BCUT2D eigenvalue weighted by molar-refractivity contribution is 6.03. The van der Waals surface area contributed by atoms with Gasteiger partial charge in [-0.05, 0) is 54.9 Å². The van der Waals surface area contributed by atoms with Gasteiger partial charge in [0.2, 0.25) is 0 Å². The summed E-state index contributed by atoms with van der Waals surface area (Å²) >= 11 is 0. The second-order valence-electron chi connectivity index (χ2n) is 11.2. The summed E-state index contributed by atoms with van der Waals surface area (Å²) in [5.41, 5.74) is 6.16. The number of fused-ring (bicyclic) bond motifs is 1. The van der Waals surface area contributed by atoms with Crippen LogP contribution in [0, 0.1) is 0 Å². The van der Waals surface area contributed by atoms with E-state index in [2.05, 4.69) is 58.4 Å². The number of hydrogen-bond donors (Lipinski definition) is 2. The molecule has 1 aliphatic rings. The molecule has 1 fully saturated rings. The zero-order valence-electron chi connectivity index (χ0n) is 24.8. The van der Waals surface area contributed by atoms with Crippen molar-refractivity contribution in [3.05, 3.63) is 137 Å². The minimum absolute atomic E-state index is 0.00830. The van der Waals surface area contributed by atoms with E-state index in [1.807, 2.05) is 78.9 Å². The molecule has 4 aromatic carbocycles. The molecule has 1 aliphatic heterocycles. The summed E-state index contributed by atoms with van der Waals surface area (Å²) in [7, 11) is 2.11. The molecule has 44 heavy (non-hydrogen) atoms. The molecular formula is C36H36N4O4. The Morgan fingerprint density at radius 1 is 0.932 bits per heavy atom. The van der Waals surface area contributed by atoms with Gasteiger partial charge in [0.05, 0.1) is 36.0 Å². The summed E-state index contributed by atoms with van der Waals surface area (Å²) in [5.74, 6) is -0.345. The van der Waals surface area contributed by atoms with Crippen LogP contribution < -0.4 is 5.32 Å². The highest BCUT2D eigenvalue weighted by Gasteiger charge is 2.33. The smallest absolute Gasteiger partial charge is 0.275 e. The van der Waals surface area contributed by atoms with Crippen LogP contribution in [0.2, 0.25) is 0 Å². The van der Waals surface area contributed by atoms with Crippen LogP contribution in [0.4, 0.5) is 5.69 Å². The fourth-order valence-electron chi connectivity index (χ4n) is 5.52. The SMILES string of the molecule is CC(c1ccccc1)N(C)CC1CC(c2ccc(CO)cc2)OC(c2cccc(NC(=O)c3cnc4ccccc4n3)c2)O1. The number of nitrogens with zero attached hydrogens (tertiary/aromatic N) is 3. The molecule has 8 heteroatoms. The van der Waals surface area contributed by atoms with E-state index in [1.165, 1.54) is 11.8 Å². The number of amides is 1. The standard InChI is InChI=1S/C36H36N4O4/c1-24(26-9-4-3-5-10-26)40(2)22-30-20-34(27-17-15-25(23-41)16-18-27)44-36(43-30)28-11-8-12-29(19-28)38-35(42)33-21-37-31-13-6-7-14-32(31)39-33/h3-19,21,24,30,34,36,41H,20,22-23H2,1-2H3,(H,38,42). The number of nitrogens with one attached hydrogen (secondary N) is 1. The molecule has 0 aliphatic carbocycles. The van der Waals surface area contributed by atoms with Crippen LogP contribution in [-0.2, 0) is 16.1 Å². The number of rotatable bonds is 9. The van der Waals surface area contributed by atoms with Gasteiger partial charge in [0.15, 0.2) is 6.29 Å². The van der Waals surface area contributed by atoms with Crippen molar-refractivity contribution in [1.29, 1.82) is 0 Å². The van der Waals surface area contributed by atoms with E-state index in [1.54, 1.807) is 0 Å². The van der Waals surface area contributed by atoms with E-state index < -0.39 is 6.29 Å². The van der Waals surface area contributed by atoms with Gasteiger partial charge in [-0.3, -0.25) is 14.7 Å². The van der Waals surface area contributed by atoms with Crippen molar-refractivity contribution in [3.8, 4) is 0 Å². The van der Waals surface area contributed by atoms with Crippen molar-refractivity contribution >= 4 is 22.6 Å². The lowest BCUT2D eigenvalue weighted by atomic mass is 9.99. The van der Waals surface area contributed by atoms with Crippen molar-refractivity contribution in [2.45, 2.75) is 44.5 Å². The Morgan fingerprint density at radius 3 is 2.45 bits per heavy atom. The fourth-order valence-corrected chi connectivity index (χ4v) is 5.52. The highest BCUT2D eigenvalue weighted by atomic mass is 16.7. The Bertz CT molecular complexity index is 1710. The fraction of sp³-hybridized carbons (Fsp3) is 0.250.